The summed E-state index contributed by atoms with van der Waals surface area (Å²) in [5, 5.41) is 14.4. The molecular formula is C23H44N2O4. The van der Waals surface area contributed by atoms with Gasteiger partial charge in [-0.2, -0.15) is 0 Å². The molecule has 0 bridgehead atoms. The van der Waals surface area contributed by atoms with Gasteiger partial charge in [-0.25, -0.2) is 4.79 Å². The minimum atomic E-state index is -1.09. The van der Waals surface area contributed by atoms with Crippen LogP contribution in [0, 0.1) is 0 Å². The maximum atomic E-state index is 12.0. The Labute approximate surface area is 177 Å². The Morgan fingerprint density at radius 2 is 1.17 bits per heavy atom. The van der Waals surface area contributed by atoms with Gasteiger partial charge in [0.25, 0.3) is 0 Å². The van der Waals surface area contributed by atoms with E-state index in [2.05, 4.69) is 17.6 Å². The second kappa shape index (κ2) is 19.7. The van der Waals surface area contributed by atoms with Crippen LogP contribution in [0.4, 0.5) is 0 Å². The summed E-state index contributed by atoms with van der Waals surface area (Å²) in [7, 11) is 0. The molecule has 0 saturated carbocycles. The average Bonchev–Trinajstić information content (AvgIpc) is 2.68. The minimum Gasteiger partial charge on any atom is -0.480 e. The number of unbranched alkanes of at least 4 members (excludes halogenated alkanes) is 12. The van der Waals surface area contributed by atoms with Crippen LogP contribution < -0.4 is 10.6 Å². The fraction of sp³-hybridized carbons (Fsp3) is 0.870. The molecule has 0 aliphatic heterocycles. The lowest BCUT2D eigenvalue weighted by Gasteiger charge is -2.14. The molecule has 170 valence electrons. The molecule has 0 fully saturated rings. The molecule has 0 rings (SSSR count). The number of carboxylic acids is 1. The second-order valence-electron chi connectivity index (χ2n) is 7.94. The van der Waals surface area contributed by atoms with E-state index in [1.165, 1.54) is 64.2 Å². The highest BCUT2D eigenvalue weighted by atomic mass is 16.4. The van der Waals surface area contributed by atoms with Gasteiger partial charge in [-0.1, -0.05) is 84.0 Å². The highest BCUT2D eigenvalue weighted by molar-refractivity contribution is 5.84. The first-order chi connectivity index (χ1) is 14.0. The van der Waals surface area contributed by atoms with E-state index in [0.29, 0.717) is 13.0 Å². The van der Waals surface area contributed by atoms with Crippen molar-refractivity contribution in [1.82, 2.24) is 10.6 Å². The SMILES string of the molecule is CCCCCCCCCCCCCCCC(=O)NC(CCC(=O)NCC)C(=O)O. The highest BCUT2D eigenvalue weighted by Gasteiger charge is 2.20. The van der Waals surface area contributed by atoms with E-state index >= 15 is 0 Å². The largest absolute Gasteiger partial charge is 0.480 e. The molecule has 6 nitrogen and oxygen atoms in total. The third-order valence-corrected chi connectivity index (χ3v) is 5.17. The molecule has 0 heterocycles. The van der Waals surface area contributed by atoms with Crippen LogP contribution in [0.2, 0.25) is 0 Å². The lowest BCUT2D eigenvalue weighted by molar-refractivity contribution is -0.142. The lowest BCUT2D eigenvalue weighted by atomic mass is 10.0. The van der Waals surface area contributed by atoms with Crippen LogP contribution in [0.1, 0.15) is 117 Å². The van der Waals surface area contributed by atoms with Gasteiger partial charge in [0, 0.05) is 19.4 Å². The molecule has 0 aliphatic rings. The van der Waals surface area contributed by atoms with Gasteiger partial charge in [0.2, 0.25) is 11.8 Å². The Balaban J connectivity index is 3.62. The van der Waals surface area contributed by atoms with E-state index in [4.69, 9.17) is 0 Å². The molecule has 29 heavy (non-hydrogen) atoms. The van der Waals surface area contributed by atoms with E-state index in [1.807, 2.05) is 6.92 Å². The predicted octanol–water partition coefficient (Wildman–Crippen LogP) is 4.95. The van der Waals surface area contributed by atoms with Crippen LogP contribution >= 0.6 is 0 Å². The summed E-state index contributed by atoms with van der Waals surface area (Å²) >= 11 is 0. The van der Waals surface area contributed by atoms with E-state index in [0.717, 1.165) is 19.3 Å². The zero-order chi connectivity index (χ0) is 21.7. The number of rotatable bonds is 20. The molecule has 0 aromatic carbocycles. The number of hydrogen-bond acceptors (Lipinski definition) is 3. The van der Waals surface area contributed by atoms with Crippen molar-refractivity contribution in [3.05, 3.63) is 0 Å². The molecule has 0 aromatic rings. The normalized spacial score (nSPS) is 11.8. The number of carboxylic acid groups (broad SMARTS) is 1. The third-order valence-electron chi connectivity index (χ3n) is 5.17. The summed E-state index contributed by atoms with van der Waals surface area (Å²) < 4.78 is 0. The first-order valence-corrected chi connectivity index (χ1v) is 11.8. The third kappa shape index (κ3) is 18.2. The van der Waals surface area contributed by atoms with Crippen molar-refractivity contribution < 1.29 is 19.5 Å². The van der Waals surface area contributed by atoms with Gasteiger partial charge < -0.3 is 15.7 Å². The summed E-state index contributed by atoms with van der Waals surface area (Å²) in [6, 6.07) is -0.993. The van der Waals surface area contributed by atoms with E-state index < -0.39 is 12.0 Å². The number of amides is 2. The fourth-order valence-electron chi connectivity index (χ4n) is 3.39. The summed E-state index contributed by atoms with van der Waals surface area (Å²) in [6.07, 6.45) is 16.8. The maximum absolute atomic E-state index is 12.0. The molecule has 0 saturated heterocycles. The number of hydrogen-bond donors (Lipinski definition) is 3. The van der Waals surface area contributed by atoms with Crippen LogP contribution in [0.5, 0.6) is 0 Å². The smallest absolute Gasteiger partial charge is 0.326 e. The lowest BCUT2D eigenvalue weighted by Crippen LogP contribution is -2.41. The van der Waals surface area contributed by atoms with Crippen LogP contribution in [0.25, 0.3) is 0 Å². The number of carbonyl (C=O) groups excluding carboxylic acids is 2. The molecule has 0 spiro atoms. The maximum Gasteiger partial charge on any atom is 0.326 e. The van der Waals surface area contributed by atoms with Crippen LogP contribution in [-0.4, -0.2) is 35.5 Å². The van der Waals surface area contributed by atoms with Crippen molar-refractivity contribution in [2.45, 2.75) is 123 Å². The van der Waals surface area contributed by atoms with Crippen LogP contribution in [0.15, 0.2) is 0 Å². The topological polar surface area (TPSA) is 95.5 Å². The predicted molar refractivity (Wildman–Crippen MR) is 118 cm³/mol. The summed E-state index contributed by atoms with van der Waals surface area (Å²) in [6.45, 7) is 4.57. The number of carbonyl (C=O) groups is 3. The monoisotopic (exact) mass is 412 g/mol. The van der Waals surface area contributed by atoms with Crippen molar-refractivity contribution in [2.75, 3.05) is 6.54 Å². The fourth-order valence-corrected chi connectivity index (χ4v) is 3.39. The van der Waals surface area contributed by atoms with Gasteiger partial charge in [0.1, 0.15) is 6.04 Å². The Morgan fingerprint density at radius 1 is 0.690 bits per heavy atom. The summed E-state index contributed by atoms with van der Waals surface area (Å²) in [5.41, 5.74) is 0. The number of aliphatic carboxylic acids is 1. The van der Waals surface area contributed by atoms with Crippen molar-refractivity contribution in [2.24, 2.45) is 0 Å². The first-order valence-electron chi connectivity index (χ1n) is 11.8. The molecule has 1 unspecified atom stereocenters. The van der Waals surface area contributed by atoms with Gasteiger partial charge in [-0.15, -0.1) is 0 Å². The second-order valence-corrected chi connectivity index (χ2v) is 7.94. The Bertz CT molecular complexity index is 441. The summed E-state index contributed by atoms with van der Waals surface area (Å²) in [5.74, 6) is -1.52. The van der Waals surface area contributed by atoms with E-state index in [-0.39, 0.29) is 24.7 Å². The number of nitrogens with one attached hydrogen (secondary N) is 2. The minimum absolute atomic E-state index is 0.101. The Kier molecular flexibility index (Phi) is 18.6. The highest BCUT2D eigenvalue weighted by Crippen LogP contribution is 2.13. The van der Waals surface area contributed by atoms with Gasteiger partial charge in [0.15, 0.2) is 0 Å². The summed E-state index contributed by atoms with van der Waals surface area (Å²) in [4.78, 5) is 34.7. The van der Waals surface area contributed by atoms with Crippen LogP contribution in [-0.2, 0) is 14.4 Å². The van der Waals surface area contributed by atoms with Crippen LogP contribution in [0.3, 0.4) is 0 Å². The van der Waals surface area contributed by atoms with Gasteiger partial charge in [0.05, 0.1) is 0 Å². The van der Waals surface area contributed by atoms with Gasteiger partial charge in [-0.3, -0.25) is 9.59 Å². The Morgan fingerprint density at radius 3 is 1.62 bits per heavy atom. The van der Waals surface area contributed by atoms with Crippen molar-refractivity contribution >= 4 is 17.8 Å². The molecule has 6 heteroatoms. The average molecular weight is 413 g/mol. The van der Waals surface area contributed by atoms with E-state index in [1.54, 1.807) is 0 Å². The zero-order valence-electron chi connectivity index (χ0n) is 18.8. The molecule has 2 amide bonds. The molecular weight excluding hydrogens is 368 g/mol. The van der Waals surface area contributed by atoms with E-state index in [9.17, 15) is 19.5 Å². The standard InChI is InChI=1S/C23H44N2O4/c1-3-5-6-7-8-9-10-11-12-13-14-15-16-17-22(27)25-20(23(28)29)18-19-21(26)24-4-2/h20H,3-19H2,1-2H3,(H,24,26)(H,25,27)(H,28,29). The van der Waals surface area contributed by atoms with Crippen molar-refractivity contribution in [3.63, 3.8) is 0 Å². The quantitative estimate of drug-likeness (QED) is 0.246. The first kappa shape index (κ1) is 27.4. The van der Waals surface area contributed by atoms with Crippen molar-refractivity contribution in [1.29, 1.82) is 0 Å². The van der Waals surface area contributed by atoms with Crippen molar-refractivity contribution in [3.8, 4) is 0 Å². The molecule has 1 atom stereocenters. The van der Waals surface area contributed by atoms with Gasteiger partial charge >= 0.3 is 5.97 Å². The molecule has 0 aromatic heterocycles. The molecule has 3 N–H and O–H groups in total. The van der Waals surface area contributed by atoms with Gasteiger partial charge in [-0.05, 0) is 19.8 Å². The zero-order valence-corrected chi connectivity index (χ0v) is 18.8. The molecule has 0 aliphatic carbocycles. The Hall–Kier alpha value is -1.59. The molecule has 0 radical (unpaired) electrons.